The smallest absolute Gasteiger partial charge is 0.328 e. The van der Waals surface area contributed by atoms with E-state index in [1.807, 2.05) is 0 Å². The van der Waals surface area contributed by atoms with E-state index in [4.69, 9.17) is 0 Å². The van der Waals surface area contributed by atoms with Gasteiger partial charge < -0.3 is 4.90 Å². The zero-order valence-electron chi connectivity index (χ0n) is 10.2. The number of hydrogen-bond acceptors (Lipinski definition) is 2. The SMILES string of the molecule is CCN(CC(F)(F)F)C(=O)c1n[nH]c2ccccc12. The first-order valence-corrected chi connectivity index (χ1v) is 5.71. The van der Waals surface area contributed by atoms with Crippen LogP contribution in [0, 0.1) is 0 Å². The van der Waals surface area contributed by atoms with Gasteiger partial charge in [-0.25, -0.2) is 0 Å². The fourth-order valence-corrected chi connectivity index (χ4v) is 1.82. The molecular weight excluding hydrogens is 259 g/mol. The van der Waals surface area contributed by atoms with E-state index in [1.165, 1.54) is 6.92 Å². The van der Waals surface area contributed by atoms with Gasteiger partial charge in [-0.3, -0.25) is 9.89 Å². The van der Waals surface area contributed by atoms with Crippen LogP contribution in [0.3, 0.4) is 0 Å². The number of nitrogens with zero attached hydrogens (tertiary/aromatic N) is 2. The largest absolute Gasteiger partial charge is 0.406 e. The van der Waals surface area contributed by atoms with Crippen molar-refractivity contribution in [1.82, 2.24) is 15.1 Å². The molecule has 0 unspecified atom stereocenters. The lowest BCUT2D eigenvalue weighted by Gasteiger charge is -2.21. The van der Waals surface area contributed by atoms with E-state index in [2.05, 4.69) is 10.2 Å². The topological polar surface area (TPSA) is 49.0 Å². The molecule has 0 bridgehead atoms. The minimum atomic E-state index is -4.42. The Labute approximate surface area is 107 Å². The summed E-state index contributed by atoms with van der Waals surface area (Å²) in [5.74, 6) is -0.725. The molecule has 19 heavy (non-hydrogen) atoms. The number of aromatic nitrogens is 2. The van der Waals surface area contributed by atoms with Gasteiger partial charge in [0, 0.05) is 11.9 Å². The number of carbonyl (C=O) groups excluding carboxylic acids is 1. The van der Waals surface area contributed by atoms with Crippen LogP contribution in [-0.2, 0) is 0 Å². The predicted octanol–water partition coefficient (Wildman–Crippen LogP) is 2.59. The van der Waals surface area contributed by atoms with Crippen molar-refractivity contribution in [3.63, 3.8) is 0 Å². The second-order valence-electron chi connectivity index (χ2n) is 4.05. The molecule has 0 saturated carbocycles. The van der Waals surface area contributed by atoms with Crippen LogP contribution in [0.4, 0.5) is 13.2 Å². The Hall–Kier alpha value is -2.05. The molecule has 1 aromatic carbocycles. The zero-order valence-corrected chi connectivity index (χ0v) is 10.2. The van der Waals surface area contributed by atoms with Gasteiger partial charge in [-0.2, -0.15) is 18.3 Å². The molecule has 0 atom stereocenters. The van der Waals surface area contributed by atoms with Crippen LogP contribution in [0.2, 0.25) is 0 Å². The summed E-state index contributed by atoms with van der Waals surface area (Å²) in [5, 5.41) is 6.96. The summed E-state index contributed by atoms with van der Waals surface area (Å²) in [4.78, 5) is 12.8. The maximum absolute atomic E-state index is 12.4. The van der Waals surface area contributed by atoms with Gasteiger partial charge in [-0.05, 0) is 13.0 Å². The molecule has 0 aliphatic heterocycles. The molecule has 2 aromatic rings. The molecule has 2 rings (SSSR count). The van der Waals surface area contributed by atoms with Crippen molar-refractivity contribution in [2.45, 2.75) is 13.1 Å². The van der Waals surface area contributed by atoms with Crippen LogP contribution in [-0.4, -0.2) is 40.3 Å². The Morgan fingerprint density at radius 3 is 2.68 bits per heavy atom. The number of nitrogens with one attached hydrogen (secondary N) is 1. The van der Waals surface area contributed by atoms with Crippen LogP contribution >= 0.6 is 0 Å². The summed E-state index contributed by atoms with van der Waals surface area (Å²) >= 11 is 0. The monoisotopic (exact) mass is 271 g/mol. The number of fused-ring (bicyclic) bond motifs is 1. The van der Waals surface area contributed by atoms with Gasteiger partial charge >= 0.3 is 6.18 Å². The van der Waals surface area contributed by atoms with E-state index >= 15 is 0 Å². The lowest BCUT2D eigenvalue weighted by atomic mass is 10.2. The van der Waals surface area contributed by atoms with Gasteiger partial charge in [0.05, 0.1) is 5.52 Å². The molecule has 0 saturated heterocycles. The highest BCUT2D eigenvalue weighted by atomic mass is 19.4. The molecule has 0 spiro atoms. The van der Waals surface area contributed by atoms with Crippen molar-refractivity contribution in [2.75, 3.05) is 13.1 Å². The number of H-pyrrole nitrogens is 1. The number of alkyl halides is 3. The van der Waals surface area contributed by atoms with E-state index < -0.39 is 18.6 Å². The third kappa shape index (κ3) is 2.86. The number of amides is 1. The molecule has 0 fully saturated rings. The molecule has 1 amide bonds. The number of para-hydroxylation sites is 1. The Morgan fingerprint density at radius 1 is 1.37 bits per heavy atom. The second kappa shape index (κ2) is 4.91. The fourth-order valence-electron chi connectivity index (χ4n) is 1.82. The van der Waals surface area contributed by atoms with Crippen molar-refractivity contribution < 1.29 is 18.0 Å². The van der Waals surface area contributed by atoms with Gasteiger partial charge in [0.1, 0.15) is 6.54 Å². The normalized spacial score (nSPS) is 11.8. The Morgan fingerprint density at radius 2 is 2.05 bits per heavy atom. The van der Waals surface area contributed by atoms with Crippen LogP contribution in [0.1, 0.15) is 17.4 Å². The molecule has 4 nitrogen and oxygen atoms in total. The summed E-state index contributed by atoms with van der Waals surface area (Å²) in [6.07, 6.45) is -4.42. The van der Waals surface area contributed by atoms with Crippen molar-refractivity contribution >= 4 is 16.8 Å². The minimum absolute atomic E-state index is 0.0155. The highest BCUT2D eigenvalue weighted by molar-refractivity contribution is 6.04. The third-order valence-corrected chi connectivity index (χ3v) is 2.71. The second-order valence-corrected chi connectivity index (χ2v) is 4.05. The van der Waals surface area contributed by atoms with Crippen molar-refractivity contribution in [3.05, 3.63) is 30.0 Å². The van der Waals surface area contributed by atoms with Crippen molar-refractivity contribution in [1.29, 1.82) is 0 Å². The van der Waals surface area contributed by atoms with Crippen LogP contribution in [0.15, 0.2) is 24.3 Å². The van der Waals surface area contributed by atoms with Crippen LogP contribution in [0.25, 0.3) is 10.9 Å². The number of rotatable bonds is 3. The average molecular weight is 271 g/mol. The Balaban J connectivity index is 2.32. The molecule has 1 heterocycles. The maximum atomic E-state index is 12.4. The molecule has 7 heteroatoms. The van der Waals surface area contributed by atoms with Gasteiger partial charge in [-0.15, -0.1) is 0 Å². The zero-order chi connectivity index (χ0) is 14.0. The predicted molar refractivity (Wildman–Crippen MR) is 63.7 cm³/mol. The molecule has 1 aromatic heterocycles. The van der Waals surface area contributed by atoms with Crippen molar-refractivity contribution in [3.8, 4) is 0 Å². The highest BCUT2D eigenvalue weighted by Gasteiger charge is 2.33. The lowest BCUT2D eigenvalue weighted by Crippen LogP contribution is -2.39. The van der Waals surface area contributed by atoms with Gasteiger partial charge in [0.15, 0.2) is 5.69 Å². The summed E-state index contributed by atoms with van der Waals surface area (Å²) in [6, 6.07) is 6.81. The summed E-state index contributed by atoms with van der Waals surface area (Å²) in [7, 11) is 0. The van der Waals surface area contributed by atoms with E-state index in [1.54, 1.807) is 24.3 Å². The van der Waals surface area contributed by atoms with Crippen LogP contribution < -0.4 is 0 Å². The molecule has 102 valence electrons. The number of benzene rings is 1. The number of halogens is 3. The summed E-state index contributed by atoms with van der Waals surface area (Å²) in [6.45, 7) is 0.196. The Kier molecular flexibility index (Phi) is 3.46. The number of carbonyl (C=O) groups is 1. The van der Waals surface area contributed by atoms with Gasteiger partial charge in [-0.1, -0.05) is 18.2 Å². The standard InChI is InChI=1S/C12H12F3N3O/c1-2-18(7-12(13,14)15)11(19)10-8-5-3-4-6-9(8)16-17-10/h3-6H,2,7H2,1H3,(H,16,17). The Bertz CT molecular complexity index is 591. The summed E-state index contributed by atoms with van der Waals surface area (Å²) < 4.78 is 37.2. The quantitative estimate of drug-likeness (QED) is 0.932. The molecular formula is C12H12F3N3O. The van der Waals surface area contributed by atoms with E-state index in [9.17, 15) is 18.0 Å². The molecule has 0 radical (unpaired) electrons. The first-order valence-electron chi connectivity index (χ1n) is 5.71. The fraction of sp³-hybridized carbons (Fsp3) is 0.333. The maximum Gasteiger partial charge on any atom is 0.406 e. The van der Waals surface area contributed by atoms with Crippen LogP contribution in [0.5, 0.6) is 0 Å². The average Bonchev–Trinajstić information content (AvgIpc) is 2.78. The first kappa shape index (κ1) is 13.4. The third-order valence-electron chi connectivity index (χ3n) is 2.71. The van der Waals surface area contributed by atoms with E-state index in [-0.39, 0.29) is 12.2 Å². The van der Waals surface area contributed by atoms with E-state index in [0.29, 0.717) is 10.9 Å². The highest BCUT2D eigenvalue weighted by Crippen LogP contribution is 2.20. The van der Waals surface area contributed by atoms with Gasteiger partial charge in [0.25, 0.3) is 5.91 Å². The van der Waals surface area contributed by atoms with Gasteiger partial charge in [0.2, 0.25) is 0 Å². The number of hydrogen-bond donors (Lipinski definition) is 1. The molecule has 0 aliphatic rings. The minimum Gasteiger partial charge on any atom is -0.328 e. The first-order chi connectivity index (χ1) is 8.92. The number of aromatic amines is 1. The van der Waals surface area contributed by atoms with Crippen molar-refractivity contribution in [2.24, 2.45) is 0 Å². The molecule has 1 N–H and O–H groups in total. The van der Waals surface area contributed by atoms with E-state index in [0.717, 1.165) is 4.90 Å². The lowest BCUT2D eigenvalue weighted by molar-refractivity contribution is -0.140. The summed E-state index contributed by atoms with van der Waals surface area (Å²) in [5.41, 5.74) is 0.635. The molecule has 0 aliphatic carbocycles.